The van der Waals surface area contributed by atoms with Gasteiger partial charge < -0.3 is 15.3 Å². The van der Waals surface area contributed by atoms with Gasteiger partial charge in [0.15, 0.2) is 0 Å². The van der Waals surface area contributed by atoms with E-state index in [-0.39, 0.29) is 6.61 Å². The number of hydrogen-bond donors (Lipinski definition) is 3. The Labute approximate surface area is 65.3 Å². The largest absolute Gasteiger partial charge is 0.481 e. The van der Waals surface area contributed by atoms with Crippen molar-refractivity contribution in [3.63, 3.8) is 0 Å². The van der Waals surface area contributed by atoms with E-state index in [0.717, 1.165) is 13.8 Å². The Morgan fingerprint density at radius 1 is 1.09 bits per heavy atom. The monoisotopic (exact) mass is 166 g/mol. The summed E-state index contributed by atoms with van der Waals surface area (Å²) in [5.74, 6) is -1.67. The molecule has 5 heteroatoms. The van der Waals surface area contributed by atoms with E-state index in [2.05, 4.69) is 0 Å². The maximum Gasteiger partial charge on any atom is 0.300 e. The minimum absolute atomic E-state index is 0.250. The summed E-state index contributed by atoms with van der Waals surface area (Å²) in [5.41, 5.74) is 0. The first-order valence-corrected chi connectivity index (χ1v) is 2.88. The Morgan fingerprint density at radius 3 is 1.09 bits per heavy atom. The van der Waals surface area contributed by atoms with Crippen molar-refractivity contribution >= 4 is 11.9 Å². The van der Waals surface area contributed by atoms with Crippen LogP contribution in [0.4, 0.5) is 0 Å². The van der Waals surface area contributed by atoms with E-state index in [1.807, 2.05) is 0 Å². The highest BCUT2D eigenvalue weighted by atomic mass is 16.4. The quantitative estimate of drug-likeness (QED) is 0.477. The molecular weight excluding hydrogens is 152 g/mol. The van der Waals surface area contributed by atoms with Crippen molar-refractivity contribution in [3.8, 4) is 0 Å². The molecule has 3 N–H and O–H groups in total. The molecule has 0 rings (SSSR count). The van der Waals surface area contributed by atoms with Gasteiger partial charge in [0.1, 0.15) is 0 Å². The third-order valence-corrected chi connectivity index (χ3v) is 0. The van der Waals surface area contributed by atoms with Crippen LogP contribution in [0.5, 0.6) is 0 Å². The second kappa shape index (κ2) is 16.0. The van der Waals surface area contributed by atoms with E-state index in [1.54, 1.807) is 6.92 Å². The zero-order valence-corrected chi connectivity index (χ0v) is 6.87. The standard InChI is InChI=1S/2C2H4O2.C2H6O/c2*1-2(3)4;1-2-3/h2*1H3,(H,3,4);3H,2H2,1H3. The van der Waals surface area contributed by atoms with Crippen LogP contribution in [0.3, 0.4) is 0 Å². The summed E-state index contributed by atoms with van der Waals surface area (Å²) in [7, 11) is 0. The van der Waals surface area contributed by atoms with Crippen LogP contribution in [0, 0.1) is 0 Å². The Balaban J connectivity index is -0.0000000886. The number of rotatable bonds is 0. The van der Waals surface area contributed by atoms with Gasteiger partial charge in [0.2, 0.25) is 0 Å². The molecule has 0 unspecified atom stereocenters. The summed E-state index contributed by atoms with van der Waals surface area (Å²) < 4.78 is 0. The van der Waals surface area contributed by atoms with Crippen LogP contribution < -0.4 is 0 Å². The maximum absolute atomic E-state index is 9.00. The molecule has 11 heavy (non-hydrogen) atoms. The minimum atomic E-state index is -0.833. The molecule has 0 aliphatic carbocycles. The lowest BCUT2D eigenvalue weighted by Gasteiger charge is -1.59. The Bertz CT molecular complexity index is 79.1. The van der Waals surface area contributed by atoms with Crippen LogP contribution in [0.15, 0.2) is 0 Å². The van der Waals surface area contributed by atoms with Crippen LogP contribution in [0.25, 0.3) is 0 Å². The zero-order chi connectivity index (χ0) is 9.86. The fourth-order valence-corrected chi connectivity index (χ4v) is 0. The molecule has 0 radical (unpaired) electrons. The average molecular weight is 166 g/mol. The molecule has 0 spiro atoms. The topological polar surface area (TPSA) is 94.8 Å². The Morgan fingerprint density at radius 2 is 1.09 bits per heavy atom. The number of hydrogen-bond acceptors (Lipinski definition) is 3. The van der Waals surface area contributed by atoms with Gasteiger partial charge in [0.05, 0.1) is 0 Å². The van der Waals surface area contributed by atoms with Gasteiger partial charge in [-0.15, -0.1) is 0 Å². The van der Waals surface area contributed by atoms with Crippen molar-refractivity contribution in [1.29, 1.82) is 0 Å². The summed E-state index contributed by atoms with van der Waals surface area (Å²) in [6.07, 6.45) is 0. The summed E-state index contributed by atoms with van der Waals surface area (Å²) in [6.45, 7) is 4.10. The molecule has 0 aromatic heterocycles. The average Bonchev–Trinajstić information content (AvgIpc) is 1.60. The molecule has 0 amide bonds. The van der Waals surface area contributed by atoms with Crippen molar-refractivity contribution in [1.82, 2.24) is 0 Å². The molecule has 0 aromatic carbocycles. The second-order valence-electron chi connectivity index (χ2n) is 1.35. The SMILES string of the molecule is CC(=O)O.CC(=O)O.CCO. The number of carboxylic acid groups (broad SMARTS) is 2. The van der Waals surface area contributed by atoms with Gasteiger partial charge in [-0.25, -0.2) is 0 Å². The number of aliphatic hydroxyl groups excluding tert-OH is 1. The van der Waals surface area contributed by atoms with Gasteiger partial charge in [0, 0.05) is 20.5 Å². The first-order chi connectivity index (χ1) is 4.88. The molecule has 0 atom stereocenters. The molecule has 0 saturated heterocycles. The van der Waals surface area contributed by atoms with E-state index in [1.165, 1.54) is 0 Å². The van der Waals surface area contributed by atoms with Crippen molar-refractivity contribution in [2.75, 3.05) is 6.61 Å². The fraction of sp³-hybridized carbons (Fsp3) is 0.667. The van der Waals surface area contributed by atoms with E-state index in [9.17, 15) is 0 Å². The van der Waals surface area contributed by atoms with Crippen LogP contribution >= 0.6 is 0 Å². The van der Waals surface area contributed by atoms with Crippen LogP contribution in [-0.2, 0) is 9.59 Å². The summed E-state index contributed by atoms with van der Waals surface area (Å²) in [6, 6.07) is 0. The zero-order valence-electron chi connectivity index (χ0n) is 6.87. The molecule has 0 bridgehead atoms. The molecule has 0 aliphatic heterocycles. The van der Waals surface area contributed by atoms with E-state index in [4.69, 9.17) is 24.9 Å². The summed E-state index contributed by atoms with van der Waals surface area (Å²) >= 11 is 0. The minimum Gasteiger partial charge on any atom is -0.481 e. The predicted octanol–water partition coefficient (Wildman–Crippen LogP) is 0.180. The van der Waals surface area contributed by atoms with E-state index >= 15 is 0 Å². The number of carboxylic acids is 2. The van der Waals surface area contributed by atoms with Crippen LogP contribution in [0.1, 0.15) is 20.8 Å². The van der Waals surface area contributed by atoms with Crippen molar-refractivity contribution < 1.29 is 24.9 Å². The van der Waals surface area contributed by atoms with Crippen molar-refractivity contribution in [2.45, 2.75) is 20.8 Å². The lowest BCUT2D eigenvalue weighted by Crippen LogP contribution is -1.78. The van der Waals surface area contributed by atoms with Gasteiger partial charge >= 0.3 is 0 Å². The highest BCUT2D eigenvalue weighted by molar-refractivity contribution is 5.63. The maximum atomic E-state index is 9.00. The molecule has 0 aromatic rings. The van der Waals surface area contributed by atoms with Gasteiger partial charge in [0.25, 0.3) is 11.9 Å². The molecule has 0 fully saturated rings. The second-order valence-corrected chi connectivity index (χ2v) is 1.35. The normalized spacial score (nSPS) is 6.18. The summed E-state index contributed by atoms with van der Waals surface area (Å²) in [5, 5.41) is 22.4. The number of aliphatic hydroxyl groups is 1. The molecular formula is C6H14O5. The van der Waals surface area contributed by atoms with Crippen molar-refractivity contribution in [3.05, 3.63) is 0 Å². The van der Waals surface area contributed by atoms with E-state index in [0.29, 0.717) is 0 Å². The predicted molar refractivity (Wildman–Crippen MR) is 39.4 cm³/mol. The van der Waals surface area contributed by atoms with Crippen LogP contribution in [-0.4, -0.2) is 33.9 Å². The van der Waals surface area contributed by atoms with Crippen molar-refractivity contribution in [2.24, 2.45) is 0 Å². The van der Waals surface area contributed by atoms with Gasteiger partial charge in [-0.3, -0.25) is 9.59 Å². The highest BCUT2D eigenvalue weighted by Crippen LogP contribution is 1.42. The molecule has 0 aliphatic rings. The number of carbonyl (C=O) groups is 2. The lowest BCUT2D eigenvalue weighted by atomic mass is 10.9. The van der Waals surface area contributed by atoms with Crippen LogP contribution in [0.2, 0.25) is 0 Å². The third-order valence-electron chi connectivity index (χ3n) is 0. The highest BCUT2D eigenvalue weighted by Gasteiger charge is 1.65. The molecule has 68 valence electrons. The number of aliphatic carboxylic acids is 2. The fourth-order valence-electron chi connectivity index (χ4n) is 0. The molecule has 0 saturated carbocycles. The van der Waals surface area contributed by atoms with E-state index < -0.39 is 11.9 Å². The molecule has 0 heterocycles. The molecule has 5 nitrogen and oxygen atoms in total. The lowest BCUT2D eigenvalue weighted by molar-refractivity contribution is -0.135. The van der Waals surface area contributed by atoms with Gasteiger partial charge in [-0.1, -0.05) is 0 Å². The Kier molecular flexibility index (Phi) is 23.9. The van der Waals surface area contributed by atoms with Gasteiger partial charge in [-0.2, -0.15) is 0 Å². The third kappa shape index (κ3) is 350. The first kappa shape index (κ1) is 16.5. The van der Waals surface area contributed by atoms with Gasteiger partial charge in [-0.05, 0) is 6.92 Å². The Hall–Kier alpha value is -1.10. The smallest absolute Gasteiger partial charge is 0.300 e. The summed E-state index contributed by atoms with van der Waals surface area (Å²) in [4.78, 5) is 18.0. The first-order valence-electron chi connectivity index (χ1n) is 2.88.